The van der Waals surface area contributed by atoms with Crippen LogP contribution in [0.3, 0.4) is 0 Å². The Morgan fingerprint density at radius 2 is 1.43 bits per heavy atom. The van der Waals surface area contributed by atoms with Crippen molar-refractivity contribution in [3.63, 3.8) is 0 Å². The lowest BCUT2D eigenvalue weighted by atomic mass is 10.2. The van der Waals surface area contributed by atoms with Crippen LogP contribution < -0.4 is 15.1 Å². The van der Waals surface area contributed by atoms with E-state index in [1.165, 1.54) is 5.69 Å². The van der Waals surface area contributed by atoms with Crippen molar-refractivity contribution in [2.75, 3.05) is 41.3 Å². The number of nitrogens with zero attached hydrogens (tertiary/aromatic N) is 4. The summed E-state index contributed by atoms with van der Waals surface area (Å²) in [6, 6.07) is 10.3. The molecule has 1 aromatic heterocycles. The van der Waals surface area contributed by atoms with Crippen LogP contribution in [0.15, 0.2) is 36.5 Å². The molecule has 0 saturated heterocycles. The van der Waals surface area contributed by atoms with E-state index in [1.807, 2.05) is 6.07 Å². The normalized spacial score (nSPS) is 10.4. The van der Waals surface area contributed by atoms with Crippen molar-refractivity contribution < 1.29 is 0 Å². The first-order valence-corrected chi connectivity index (χ1v) is 8.41. The van der Waals surface area contributed by atoms with E-state index in [4.69, 9.17) is 0 Å². The molecule has 0 unspecified atom stereocenters. The van der Waals surface area contributed by atoms with Gasteiger partial charge in [0, 0.05) is 43.8 Å². The van der Waals surface area contributed by atoms with Crippen LogP contribution in [0.5, 0.6) is 0 Å². The van der Waals surface area contributed by atoms with Crippen LogP contribution in [-0.4, -0.2) is 36.1 Å². The van der Waals surface area contributed by atoms with E-state index in [9.17, 15) is 0 Å². The molecule has 0 aliphatic rings. The Balaban J connectivity index is 2.11. The molecule has 2 rings (SSSR count). The van der Waals surface area contributed by atoms with Crippen molar-refractivity contribution in [2.45, 2.75) is 27.7 Å². The topological polar surface area (TPSA) is 44.3 Å². The van der Waals surface area contributed by atoms with Crippen molar-refractivity contribution in [3.8, 4) is 0 Å². The number of hydrogen-bond acceptors (Lipinski definition) is 5. The number of rotatable bonds is 8. The molecular weight excluding hydrogens is 286 g/mol. The quantitative estimate of drug-likeness (QED) is 0.800. The molecule has 1 aromatic carbocycles. The Kier molecular flexibility index (Phi) is 6.20. The van der Waals surface area contributed by atoms with Gasteiger partial charge in [-0.25, -0.2) is 4.98 Å². The highest BCUT2D eigenvalue weighted by molar-refractivity contribution is 5.60. The Hall–Kier alpha value is -2.30. The van der Waals surface area contributed by atoms with E-state index in [0.717, 1.165) is 37.7 Å². The van der Waals surface area contributed by atoms with Crippen molar-refractivity contribution in [2.24, 2.45) is 0 Å². The molecule has 1 N–H and O–H groups in total. The van der Waals surface area contributed by atoms with E-state index in [-0.39, 0.29) is 0 Å². The molecule has 0 saturated carbocycles. The second-order valence-electron chi connectivity index (χ2n) is 5.25. The number of benzene rings is 1. The molecule has 23 heavy (non-hydrogen) atoms. The second kappa shape index (κ2) is 8.36. The van der Waals surface area contributed by atoms with E-state index >= 15 is 0 Å². The highest BCUT2D eigenvalue weighted by atomic mass is 15.2. The smallest absolute Gasteiger partial charge is 0.229 e. The predicted octanol–water partition coefficient (Wildman–Crippen LogP) is 3.91. The van der Waals surface area contributed by atoms with Gasteiger partial charge >= 0.3 is 0 Å². The third kappa shape index (κ3) is 4.34. The van der Waals surface area contributed by atoms with Crippen LogP contribution >= 0.6 is 0 Å². The molecule has 2 aromatic rings. The van der Waals surface area contributed by atoms with Crippen LogP contribution in [-0.2, 0) is 0 Å². The zero-order valence-electron chi connectivity index (χ0n) is 14.6. The van der Waals surface area contributed by atoms with Gasteiger partial charge in [0.2, 0.25) is 5.95 Å². The molecule has 0 bridgehead atoms. The fourth-order valence-electron chi connectivity index (χ4n) is 2.61. The zero-order valence-corrected chi connectivity index (χ0v) is 14.6. The molecule has 0 atom stereocenters. The lowest BCUT2D eigenvalue weighted by molar-refractivity contribution is 0.843. The van der Waals surface area contributed by atoms with Crippen LogP contribution in [0, 0.1) is 0 Å². The average Bonchev–Trinajstić information content (AvgIpc) is 2.59. The first kappa shape index (κ1) is 17.1. The molecule has 1 heterocycles. The summed E-state index contributed by atoms with van der Waals surface area (Å²) in [7, 11) is 0. The summed E-state index contributed by atoms with van der Waals surface area (Å²) in [4.78, 5) is 13.4. The standard InChI is InChI=1S/C18H27N5/c1-5-22(6-2)16-11-9-15(10-12-16)20-18-19-14-13-17(21-18)23(7-3)8-4/h9-14H,5-8H2,1-4H3,(H,19,20,21). The highest BCUT2D eigenvalue weighted by Crippen LogP contribution is 2.20. The van der Waals surface area contributed by atoms with Crippen LogP contribution in [0.2, 0.25) is 0 Å². The fraction of sp³-hybridized carbons (Fsp3) is 0.444. The van der Waals surface area contributed by atoms with Gasteiger partial charge in [-0.1, -0.05) is 0 Å². The van der Waals surface area contributed by atoms with Crippen molar-refractivity contribution in [1.82, 2.24) is 9.97 Å². The molecular formula is C18H27N5. The molecule has 0 spiro atoms. The third-order valence-electron chi connectivity index (χ3n) is 3.98. The average molecular weight is 313 g/mol. The molecule has 0 fully saturated rings. The summed E-state index contributed by atoms with van der Waals surface area (Å²) in [5, 5.41) is 3.28. The van der Waals surface area contributed by atoms with Crippen LogP contribution in [0.25, 0.3) is 0 Å². The Morgan fingerprint density at radius 3 is 2.00 bits per heavy atom. The van der Waals surface area contributed by atoms with Crippen molar-refractivity contribution in [3.05, 3.63) is 36.5 Å². The lowest BCUT2D eigenvalue weighted by Crippen LogP contribution is -2.23. The van der Waals surface area contributed by atoms with Gasteiger partial charge in [0.25, 0.3) is 0 Å². The minimum atomic E-state index is 0.630. The maximum Gasteiger partial charge on any atom is 0.229 e. The van der Waals surface area contributed by atoms with E-state index in [0.29, 0.717) is 5.95 Å². The van der Waals surface area contributed by atoms with Gasteiger partial charge < -0.3 is 15.1 Å². The maximum atomic E-state index is 4.59. The first-order chi connectivity index (χ1) is 11.2. The minimum Gasteiger partial charge on any atom is -0.372 e. The molecule has 0 aliphatic carbocycles. The molecule has 0 aliphatic heterocycles. The monoisotopic (exact) mass is 313 g/mol. The van der Waals surface area contributed by atoms with E-state index in [2.05, 4.69) is 77.0 Å². The molecule has 0 radical (unpaired) electrons. The number of nitrogens with one attached hydrogen (secondary N) is 1. The highest BCUT2D eigenvalue weighted by Gasteiger charge is 2.06. The Morgan fingerprint density at radius 1 is 0.826 bits per heavy atom. The van der Waals surface area contributed by atoms with Gasteiger partial charge in [-0.05, 0) is 58.0 Å². The molecule has 5 nitrogen and oxygen atoms in total. The fourth-order valence-corrected chi connectivity index (χ4v) is 2.61. The first-order valence-electron chi connectivity index (χ1n) is 8.41. The summed E-state index contributed by atoms with van der Waals surface area (Å²) >= 11 is 0. The third-order valence-corrected chi connectivity index (χ3v) is 3.98. The van der Waals surface area contributed by atoms with E-state index in [1.54, 1.807) is 6.20 Å². The maximum absolute atomic E-state index is 4.59. The van der Waals surface area contributed by atoms with Gasteiger partial charge in [-0.3, -0.25) is 0 Å². The second-order valence-corrected chi connectivity index (χ2v) is 5.25. The lowest BCUT2D eigenvalue weighted by Gasteiger charge is -2.21. The zero-order chi connectivity index (χ0) is 16.7. The Bertz CT molecular complexity index is 589. The molecule has 124 valence electrons. The number of anilines is 4. The SMILES string of the molecule is CCN(CC)c1ccc(Nc2nccc(N(CC)CC)n2)cc1. The molecule has 0 amide bonds. The summed E-state index contributed by atoms with van der Waals surface area (Å²) in [5.74, 6) is 1.58. The predicted molar refractivity (Wildman–Crippen MR) is 98.9 cm³/mol. The van der Waals surface area contributed by atoms with Gasteiger partial charge in [0.15, 0.2) is 0 Å². The minimum absolute atomic E-state index is 0.630. The van der Waals surface area contributed by atoms with Crippen LogP contribution in [0.4, 0.5) is 23.1 Å². The van der Waals surface area contributed by atoms with Crippen LogP contribution in [0.1, 0.15) is 27.7 Å². The van der Waals surface area contributed by atoms with Crippen molar-refractivity contribution >= 4 is 23.1 Å². The molecule has 5 heteroatoms. The number of aromatic nitrogens is 2. The van der Waals surface area contributed by atoms with Gasteiger partial charge in [0.1, 0.15) is 5.82 Å². The number of hydrogen-bond donors (Lipinski definition) is 1. The summed E-state index contributed by atoms with van der Waals surface area (Å²) in [6.45, 7) is 12.5. The largest absolute Gasteiger partial charge is 0.372 e. The van der Waals surface area contributed by atoms with Gasteiger partial charge in [-0.15, -0.1) is 0 Å². The summed E-state index contributed by atoms with van der Waals surface area (Å²) in [5.41, 5.74) is 2.23. The Labute approximate surface area is 139 Å². The van der Waals surface area contributed by atoms with E-state index < -0.39 is 0 Å². The summed E-state index contributed by atoms with van der Waals surface area (Å²) < 4.78 is 0. The van der Waals surface area contributed by atoms with Gasteiger partial charge in [0.05, 0.1) is 0 Å². The van der Waals surface area contributed by atoms with Gasteiger partial charge in [-0.2, -0.15) is 4.98 Å². The summed E-state index contributed by atoms with van der Waals surface area (Å²) in [6.07, 6.45) is 1.80. The van der Waals surface area contributed by atoms with Crippen molar-refractivity contribution in [1.29, 1.82) is 0 Å².